The van der Waals surface area contributed by atoms with E-state index in [1.807, 2.05) is 0 Å². The van der Waals surface area contributed by atoms with Crippen molar-refractivity contribution in [1.82, 2.24) is 19.9 Å². The Kier molecular flexibility index (Phi) is 5.41. The number of fused-ring (bicyclic) bond motifs is 1. The highest BCUT2D eigenvalue weighted by molar-refractivity contribution is 6.43. The van der Waals surface area contributed by atoms with Gasteiger partial charge in [0.25, 0.3) is 17.6 Å². The predicted molar refractivity (Wildman–Crippen MR) is 109 cm³/mol. The zero-order valence-electron chi connectivity index (χ0n) is 16.2. The van der Waals surface area contributed by atoms with E-state index < -0.39 is 17.6 Å². The molecule has 0 aliphatic carbocycles. The monoisotopic (exact) mass is 389 g/mol. The summed E-state index contributed by atoms with van der Waals surface area (Å²) in [5.41, 5.74) is 3.31. The lowest BCUT2D eigenvalue weighted by Crippen LogP contribution is -2.31. The van der Waals surface area contributed by atoms with E-state index in [9.17, 15) is 14.4 Å². The Hall–Kier alpha value is -3.99. The first-order valence-corrected chi connectivity index (χ1v) is 8.79. The van der Waals surface area contributed by atoms with Crippen LogP contribution >= 0.6 is 0 Å². The van der Waals surface area contributed by atoms with Crippen LogP contribution in [0, 0.1) is 26.2 Å². The first-order valence-electron chi connectivity index (χ1n) is 8.79. The molecule has 0 fully saturated rings. The topological polar surface area (TPSA) is 106 Å². The van der Waals surface area contributed by atoms with Crippen LogP contribution in [0.25, 0.3) is 11.0 Å². The summed E-state index contributed by atoms with van der Waals surface area (Å²) >= 11 is 0. The molecule has 8 nitrogen and oxygen atoms in total. The summed E-state index contributed by atoms with van der Waals surface area (Å²) in [5, 5.41) is 5.16. The van der Waals surface area contributed by atoms with E-state index in [2.05, 4.69) is 26.5 Å². The van der Waals surface area contributed by atoms with Gasteiger partial charge in [-0.3, -0.25) is 24.4 Å². The summed E-state index contributed by atoms with van der Waals surface area (Å²) in [4.78, 5) is 45.9. The summed E-state index contributed by atoms with van der Waals surface area (Å²) in [6.07, 6.45) is 8.27. The second kappa shape index (κ2) is 7.94. The molecule has 8 heteroatoms. The number of nitrogens with zero attached hydrogens (tertiary/aromatic N) is 3. The lowest BCUT2D eigenvalue weighted by Gasteiger charge is -2.08. The van der Waals surface area contributed by atoms with E-state index >= 15 is 0 Å². The van der Waals surface area contributed by atoms with Gasteiger partial charge in [-0.2, -0.15) is 0 Å². The van der Waals surface area contributed by atoms with Crippen LogP contribution in [0.5, 0.6) is 0 Å². The fourth-order valence-corrected chi connectivity index (χ4v) is 3.19. The highest BCUT2D eigenvalue weighted by Crippen LogP contribution is 2.23. The molecule has 0 spiro atoms. The number of carbonyl (C=O) groups is 3. The van der Waals surface area contributed by atoms with Crippen molar-refractivity contribution in [3.8, 4) is 12.3 Å². The number of ketones is 1. The first-order chi connectivity index (χ1) is 13.8. The summed E-state index contributed by atoms with van der Waals surface area (Å²) in [5.74, 6) is 0.306. The third kappa shape index (κ3) is 3.71. The van der Waals surface area contributed by atoms with Crippen LogP contribution in [-0.4, -0.2) is 38.7 Å². The Morgan fingerprint density at radius 2 is 1.83 bits per heavy atom. The van der Waals surface area contributed by atoms with Crippen LogP contribution in [-0.2, 0) is 11.8 Å². The zero-order valence-corrected chi connectivity index (χ0v) is 16.2. The van der Waals surface area contributed by atoms with Crippen LogP contribution in [0.4, 0.5) is 5.69 Å². The predicted octanol–water partition coefficient (Wildman–Crippen LogP) is 1.77. The largest absolute Gasteiger partial charge is 0.343 e. The molecular formula is C21H19N5O3. The van der Waals surface area contributed by atoms with Gasteiger partial charge in [-0.25, -0.2) is 0 Å². The van der Waals surface area contributed by atoms with Crippen molar-refractivity contribution in [2.75, 3.05) is 11.9 Å². The van der Waals surface area contributed by atoms with Crippen molar-refractivity contribution in [2.24, 2.45) is 7.05 Å². The third-order valence-corrected chi connectivity index (χ3v) is 4.66. The molecule has 3 aromatic rings. The number of amides is 2. The van der Waals surface area contributed by atoms with Crippen LogP contribution in [0.3, 0.4) is 0 Å². The van der Waals surface area contributed by atoms with Crippen molar-refractivity contribution in [3.63, 3.8) is 0 Å². The van der Waals surface area contributed by atoms with Crippen LogP contribution in [0.15, 0.2) is 30.6 Å². The zero-order chi connectivity index (χ0) is 21.1. The van der Waals surface area contributed by atoms with Crippen molar-refractivity contribution in [1.29, 1.82) is 0 Å². The minimum Gasteiger partial charge on any atom is -0.343 e. The highest BCUT2D eigenvalue weighted by Gasteiger charge is 2.28. The molecule has 0 aliphatic heterocycles. The molecule has 2 heterocycles. The van der Waals surface area contributed by atoms with E-state index in [0.717, 1.165) is 0 Å². The number of aromatic nitrogens is 3. The van der Waals surface area contributed by atoms with E-state index in [1.165, 1.54) is 0 Å². The molecule has 3 rings (SSSR count). The standard InChI is InChI=1S/C21H19N5O3/c1-5-8-24-21(29)19(27)17-12(2)18(26(4)13(17)3)20(28)25-14-6-7-15-16(11-14)23-10-9-22-15/h1,6-7,9-11H,8H2,2-4H3,(H,24,29)(H,25,28). The second-order valence-electron chi connectivity index (χ2n) is 6.42. The van der Waals surface area contributed by atoms with Crippen molar-refractivity contribution >= 4 is 34.3 Å². The Morgan fingerprint density at radius 3 is 2.52 bits per heavy atom. The molecule has 2 aromatic heterocycles. The van der Waals surface area contributed by atoms with E-state index in [-0.39, 0.29) is 17.8 Å². The van der Waals surface area contributed by atoms with E-state index in [0.29, 0.717) is 28.0 Å². The van der Waals surface area contributed by atoms with Crippen molar-refractivity contribution < 1.29 is 14.4 Å². The molecule has 0 atom stereocenters. The number of carbonyl (C=O) groups excluding carboxylic acids is 3. The van der Waals surface area contributed by atoms with Gasteiger partial charge in [0.05, 0.1) is 23.1 Å². The Labute approximate surface area is 167 Å². The SMILES string of the molecule is C#CCNC(=O)C(=O)c1c(C)c(C(=O)Nc2ccc3nccnc3c2)n(C)c1C. The third-order valence-electron chi connectivity index (χ3n) is 4.66. The number of terminal acetylenes is 1. The second-order valence-corrected chi connectivity index (χ2v) is 6.42. The number of anilines is 1. The number of nitrogens with one attached hydrogen (secondary N) is 2. The average molecular weight is 389 g/mol. The molecule has 1 aromatic carbocycles. The Bertz CT molecular complexity index is 1190. The van der Waals surface area contributed by atoms with Crippen molar-refractivity contribution in [3.05, 3.63) is 53.1 Å². The van der Waals surface area contributed by atoms with Gasteiger partial charge >= 0.3 is 0 Å². The molecule has 29 heavy (non-hydrogen) atoms. The minimum absolute atomic E-state index is 0.0479. The summed E-state index contributed by atoms with van der Waals surface area (Å²) in [6, 6.07) is 5.19. The molecule has 2 N–H and O–H groups in total. The van der Waals surface area contributed by atoms with E-state index in [1.54, 1.807) is 56.1 Å². The van der Waals surface area contributed by atoms with Crippen LogP contribution in [0.1, 0.15) is 32.1 Å². The first kappa shape index (κ1) is 19.8. The van der Waals surface area contributed by atoms with E-state index in [4.69, 9.17) is 6.42 Å². The van der Waals surface area contributed by atoms with Gasteiger partial charge in [-0.1, -0.05) is 5.92 Å². The summed E-state index contributed by atoms with van der Waals surface area (Å²) in [7, 11) is 1.67. The molecular weight excluding hydrogens is 370 g/mol. The molecule has 0 saturated heterocycles. The molecule has 0 radical (unpaired) electrons. The number of Topliss-reactive ketones (excluding diaryl/α,β-unsaturated/α-hetero) is 1. The molecule has 0 unspecified atom stereocenters. The highest BCUT2D eigenvalue weighted by atomic mass is 16.2. The van der Waals surface area contributed by atoms with Gasteiger partial charge in [0.1, 0.15) is 5.69 Å². The maximum atomic E-state index is 12.9. The lowest BCUT2D eigenvalue weighted by atomic mass is 10.0. The Balaban J connectivity index is 1.92. The maximum Gasteiger partial charge on any atom is 0.293 e. The summed E-state index contributed by atoms with van der Waals surface area (Å²) in [6.45, 7) is 3.26. The number of benzene rings is 1. The van der Waals surface area contributed by atoms with Gasteiger partial charge in [-0.15, -0.1) is 6.42 Å². The molecule has 0 bridgehead atoms. The molecule has 0 saturated carbocycles. The van der Waals surface area contributed by atoms with Crippen molar-refractivity contribution in [2.45, 2.75) is 13.8 Å². The van der Waals surface area contributed by atoms with Crippen LogP contribution in [0.2, 0.25) is 0 Å². The number of hydrogen-bond acceptors (Lipinski definition) is 5. The fourth-order valence-electron chi connectivity index (χ4n) is 3.19. The van der Waals surface area contributed by atoms with Gasteiger partial charge in [0.15, 0.2) is 0 Å². The van der Waals surface area contributed by atoms with Gasteiger partial charge in [0, 0.05) is 30.8 Å². The minimum atomic E-state index is -0.806. The normalized spacial score (nSPS) is 10.4. The van der Waals surface area contributed by atoms with Gasteiger partial charge < -0.3 is 15.2 Å². The summed E-state index contributed by atoms with van der Waals surface area (Å²) < 4.78 is 1.59. The Morgan fingerprint density at radius 1 is 1.14 bits per heavy atom. The lowest BCUT2D eigenvalue weighted by molar-refractivity contribution is -0.116. The number of hydrogen-bond donors (Lipinski definition) is 2. The maximum absolute atomic E-state index is 12.9. The smallest absolute Gasteiger partial charge is 0.293 e. The van der Waals surface area contributed by atoms with Gasteiger partial charge in [0.2, 0.25) is 0 Å². The molecule has 0 aliphatic rings. The fraction of sp³-hybridized carbons (Fsp3) is 0.190. The molecule has 2 amide bonds. The number of rotatable bonds is 5. The van der Waals surface area contributed by atoms with Gasteiger partial charge in [-0.05, 0) is 37.6 Å². The van der Waals surface area contributed by atoms with Crippen LogP contribution < -0.4 is 10.6 Å². The quantitative estimate of drug-likeness (QED) is 0.393. The average Bonchev–Trinajstić information content (AvgIpc) is 2.93. The molecule has 146 valence electrons.